The van der Waals surface area contributed by atoms with E-state index in [1.54, 1.807) is 0 Å². The van der Waals surface area contributed by atoms with Crippen LogP contribution in [0.1, 0.15) is 0 Å². The molecule has 0 spiro atoms. The second kappa shape index (κ2) is 15.0. The maximum atomic E-state index is 14.7. The van der Waals surface area contributed by atoms with Crippen LogP contribution in [-0.2, 0) is 4.57 Å². The number of benzene rings is 10. The molecule has 0 saturated carbocycles. The summed E-state index contributed by atoms with van der Waals surface area (Å²) in [6, 6.07) is 74.5. The van der Waals surface area contributed by atoms with Crippen LogP contribution in [0.15, 0.2) is 218 Å². The van der Waals surface area contributed by atoms with Gasteiger partial charge in [0.1, 0.15) is 11.5 Å². The Bertz CT molecular complexity index is 2990. The Morgan fingerprint density at radius 3 is 0.918 bits per heavy atom. The molecular weight excluding hydrogens is 768 g/mol. The average molecular weight is 805 g/mol. The number of rotatable bonds is 6. The molecule has 0 saturated heterocycles. The first-order valence-corrected chi connectivity index (χ1v) is 21.8. The van der Waals surface area contributed by atoms with Gasteiger partial charge >= 0.3 is 7.82 Å². The third-order valence-corrected chi connectivity index (χ3v) is 12.4. The molecular formula is C56H37O4P. The lowest BCUT2D eigenvalue weighted by Crippen LogP contribution is -2.00. The third kappa shape index (κ3) is 6.79. The van der Waals surface area contributed by atoms with Gasteiger partial charge < -0.3 is 9.05 Å². The molecule has 0 amide bonds. The highest BCUT2D eigenvalue weighted by Crippen LogP contribution is 2.62. The molecule has 0 radical (unpaired) electrons. The SMILES string of the molecule is O=P1(O)Oc2c(-c3cc(-c4ccccc4)cc(-c4ccccc4)c3)cc3ccccc3c2-c2c(c(-c3cc(-c4ccccc4)cc(-c4ccccc4)c3)cc3ccccc23)O1. The van der Waals surface area contributed by atoms with Gasteiger partial charge in [-0.2, -0.15) is 0 Å². The molecule has 1 heterocycles. The standard InChI is InChI=1S/C56H37O4P/c57-61(58)59-55-51(47-31-43(37-17-5-1-6-18-37)29-44(32-47)38-19-7-2-8-20-38)35-41-25-13-15-27-49(41)53(55)54-50-28-16-14-26-42(50)36-52(56(54)60-61)48-33-45(39-21-9-3-10-22-39)30-46(34-48)40-23-11-4-12-24-40/h1-36H,(H,57,58). The van der Waals surface area contributed by atoms with E-state index < -0.39 is 7.82 Å². The van der Waals surface area contributed by atoms with E-state index in [9.17, 15) is 9.46 Å². The minimum Gasteiger partial charge on any atom is -0.394 e. The summed E-state index contributed by atoms with van der Waals surface area (Å²) in [5.41, 5.74) is 12.7. The van der Waals surface area contributed by atoms with Gasteiger partial charge in [0.2, 0.25) is 0 Å². The number of hydrogen-bond donors (Lipinski definition) is 1. The number of phosphoric acid groups is 1. The van der Waals surface area contributed by atoms with Gasteiger partial charge in [0.05, 0.1) is 0 Å². The minimum atomic E-state index is -4.83. The Morgan fingerprint density at radius 1 is 0.311 bits per heavy atom. The molecule has 10 aromatic rings. The summed E-state index contributed by atoms with van der Waals surface area (Å²) >= 11 is 0. The highest BCUT2D eigenvalue weighted by atomic mass is 31.2. The second-order valence-electron chi connectivity index (χ2n) is 15.4. The lowest BCUT2D eigenvalue weighted by Gasteiger charge is -2.20. The van der Waals surface area contributed by atoms with Crippen molar-refractivity contribution in [1.82, 2.24) is 0 Å². The van der Waals surface area contributed by atoms with E-state index in [0.717, 1.165) is 77.2 Å². The lowest BCUT2D eigenvalue weighted by molar-refractivity contribution is 0.295. The summed E-state index contributed by atoms with van der Waals surface area (Å²) in [5, 5.41) is 3.67. The first-order valence-electron chi connectivity index (χ1n) is 20.3. The van der Waals surface area contributed by atoms with Crippen LogP contribution in [0, 0.1) is 0 Å². The Kier molecular flexibility index (Phi) is 8.97. The van der Waals surface area contributed by atoms with Crippen molar-refractivity contribution in [2.45, 2.75) is 0 Å². The van der Waals surface area contributed by atoms with Crippen LogP contribution >= 0.6 is 7.82 Å². The molecule has 0 unspecified atom stereocenters. The zero-order valence-electron chi connectivity index (χ0n) is 32.9. The van der Waals surface area contributed by atoms with Gasteiger partial charge in [-0.3, -0.25) is 4.89 Å². The van der Waals surface area contributed by atoms with E-state index in [1.165, 1.54) is 0 Å². The summed E-state index contributed by atoms with van der Waals surface area (Å²) < 4.78 is 27.5. The summed E-state index contributed by atoms with van der Waals surface area (Å²) in [4.78, 5) is 12.0. The van der Waals surface area contributed by atoms with Crippen molar-refractivity contribution < 1.29 is 18.5 Å². The van der Waals surface area contributed by atoms with Crippen LogP contribution < -0.4 is 9.05 Å². The molecule has 10 aromatic carbocycles. The quantitative estimate of drug-likeness (QED) is 0.170. The fraction of sp³-hybridized carbons (Fsp3) is 0. The molecule has 1 aliphatic heterocycles. The fourth-order valence-corrected chi connectivity index (χ4v) is 9.65. The largest absolute Gasteiger partial charge is 0.584 e. The van der Waals surface area contributed by atoms with Crippen molar-refractivity contribution in [3.05, 3.63) is 218 Å². The summed E-state index contributed by atoms with van der Waals surface area (Å²) in [6.45, 7) is 0. The van der Waals surface area contributed by atoms with Gasteiger partial charge in [-0.15, -0.1) is 0 Å². The molecule has 61 heavy (non-hydrogen) atoms. The molecule has 0 fully saturated rings. The molecule has 4 nitrogen and oxygen atoms in total. The zero-order valence-corrected chi connectivity index (χ0v) is 33.8. The molecule has 1 aliphatic rings. The van der Waals surface area contributed by atoms with Crippen LogP contribution in [0.2, 0.25) is 0 Å². The van der Waals surface area contributed by atoms with Crippen LogP contribution in [0.3, 0.4) is 0 Å². The monoisotopic (exact) mass is 804 g/mol. The van der Waals surface area contributed by atoms with Crippen molar-refractivity contribution in [3.8, 4) is 89.4 Å². The van der Waals surface area contributed by atoms with E-state index in [2.05, 4.69) is 121 Å². The first-order chi connectivity index (χ1) is 30.0. The van der Waals surface area contributed by atoms with Crippen LogP contribution in [-0.4, -0.2) is 4.89 Å². The Hall–Kier alpha value is -7.49. The van der Waals surface area contributed by atoms with Gasteiger partial charge in [0.15, 0.2) is 0 Å². The van der Waals surface area contributed by atoms with E-state index in [-0.39, 0.29) is 11.5 Å². The van der Waals surface area contributed by atoms with Gasteiger partial charge in [0.25, 0.3) is 0 Å². The zero-order chi connectivity index (χ0) is 40.9. The predicted octanol–water partition coefficient (Wildman–Crippen LogP) is 15.5. The average Bonchev–Trinajstić information content (AvgIpc) is 3.45. The molecule has 0 atom stereocenters. The van der Waals surface area contributed by atoms with Crippen molar-refractivity contribution >= 4 is 29.4 Å². The van der Waals surface area contributed by atoms with E-state index in [4.69, 9.17) is 9.05 Å². The second-order valence-corrected chi connectivity index (χ2v) is 16.7. The Labute approximate surface area is 354 Å². The van der Waals surface area contributed by atoms with E-state index in [0.29, 0.717) is 22.3 Å². The van der Waals surface area contributed by atoms with E-state index >= 15 is 0 Å². The molecule has 0 aromatic heterocycles. The number of phosphoric ester groups is 1. The first kappa shape index (κ1) is 36.6. The normalized spacial score (nSPS) is 12.8. The topological polar surface area (TPSA) is 55.8 Å². The smallest absolute Gasteiger partial charge is 0.394 e. The van der Waals surface area contributed by atoms with Crippen LogP contribution in [0.25, 0.3) is 99.4 Å². The molecule has 0 bridgehead atoms. The highest BCUT2D eigenvalue weighted by molar-refractivity contribution is 7.48. The van der Waals surface area contributed by atoms with Gasteiger partial charge in [-0.1, -0.05) is 170 Å². The minimum absolute atomic E-state index is 0.290. The molecule has 290 valence electrons. The van der Waals surface area contributed by atoms with Crippen molar-refractivity contribution in [2.24, 2.45) is 0 Å². The third-order valence-electron chi connectivity index (χ3n) is 11.6. The maximum absolute atomic E-state index is 14.7. The van der Waals surface area contributed by atoms with Crippen molar-refractivity contribution in [1.29, 1.82) is 0 Å². The summed E-state index contributed by atoms with van der Waals surface area (Å²) in [5.74, 6) is 0.579. The van der Waals surface area contributed by atoms with Crippen molar-refractivity contribution in [3.63, 3.8) is 0 Å². The molecule has 5 heteroatoms. The summed E-state index contributed by atoms with van der Waals surface area (Å²) in [7, 11) is -4.83. The Morgan fingerprint density at radius 2 is 0.590 bits per heavy atom. The number of fused-ring (bicyclic) bond motifs is 7. The highest BCUT2D eigenvalue weighted by Gasteiger charge is 2.38. The van der Waals surface area contributed by atoms with Crippen molar-refractivity contribution in [2.75, 3.05) is 0 Å². The van der Waals surface area contributed by atoms with Gasteiger partial charge in [-0.05, 0) is 126 Å². The van der Waals surface area contributed by atoms with Crippen LogP contribution in [0.5, 0.6) is 11.5 Å². The number of hydrogen-bond acceptors (Lipinski definition) is 3. The van der Waals surface area contributed by atoms with Crippen LogP contribution in [0.4, 0.5) is 0 Å². The maximum Gasteiger partial charge on any atom is 0.584 e. The summed E-state index contributed by atoms with van der Waals surface area (Å²) in [6.07, 6.45) is 0. The molecule has 1 N–H and O–H groups in total. The van der Waals surface area contributed by atoms with Gasteiger partial charge in [-0.25, -0.2) is 4.57 Å². The predicted molar refractivity (Wildman–Crippen MR) is 251 cm³/mol. The molecule has 11 rings (SSSR count). The van der Waals surface area contributed by atoms with E-state index in [1.807, 2.05) is 97.1 Å². The van der Waals surface area contributed by atoms with Gasteiger partial charge in [0, 0.05) is 22.3 Å². The molecule has 0 aliphatic carbocycles. The lowest BCUT2D eigenvalue weighted by atomic mass is 9.85. The Balaban J connectivity index is 1.24. The fourth-order valence-electron chi connectivity index (χ4n) is 8.78.